The highest BCUT2D eigenvalue weighted by Gasteiger charge is 2.34. The van der Waals surface area contributed by atoms with Crippen molar-refractivity contribution in [2.24, 2.45) is 0 Å². The molecular formula is C53H53Cl2F10N7O5. The molecule has 1 heterocycles. The number of rotatable bonds is 11. The van der Waals surface area contributed by atoms with E-state index in [9.17, 15) is 58.8 Å². The van der Waals surface area contributed by atoms with Crippen LogP contribution >= 0.6 is 24.0 Å². The molecule has 0 radical (unpaired) electrons. The number of nitrogen functional groups attached to an aromatic ring is 1. The van der Waals surface area contributed by atoms with Crippen LogP contribution in [0.25, 0.3) is 16.7 Å². The molecular weight excluding hydrogens is 1080 g/mol. The third kappa shape index (κ3) is 17.5. The predicted octanol–water partition coefficient (Wildman–Crippen LogP) is 15.5. The number of aromatic nitrogens is 2. The first-order valence-corrected chi connectivity index (χ1v) is 23.0. The maximum absolute atomic E-state index is 13.8. The van der Waals surface area contributed by atoms with Crippen LogP contribution < -0.4 is 20.5 Å². The molecule has 414 valence electrons. The van der Waals surface area contributed by atoms with Gasteiger partial charge in [0.25, 0.3) is 5.91 Å². The van der Waals surface area contributed by atoms with Crippen molar-refractivity contribution in [3.63, 3.8) is 0 Å². The van der Waals surface area contributed by atoms with E-state index in [-0.39, 0.29) is 48.2 Å². The zero-order valence-electron chi connectivity index (χ0n) is 42.4. The van der Waals surface area contributed by atoms with Crippen molar-refractivity contribution in [3.8, 4) is 17.2 Å². The molecule has 1 amide bonds. The largest absolute Gasteiger partial charge is 0.497 e. The SMILES string of the molecule is CC(=N)CCl.COc1ccc(-n2c(CN(C(=O)c3c(C)cc(C)cc3C)C(C)C)nc3cc(C(F)(F)F)ccc32)cc1.COc1ccc(Nc2ccc(C(F)(F)F)cc2N)cc1.Cl.O=[N+]([O-])c1cc(C(F)(F)F)ccc1F. The number of methoxy groups -OCH3 is 2. The van der Waals surface area contributed by atoms with Crippen molar-refractivity contribution in [3.05, 3.63) is 176 Å². The van der Waals surface area contributed by atoms with E-state index in [0.29, 0.717) is 69.2 Å². The molecule has 6 aromatic carbocycles. The Bertz CT molecular complexity index is 3130. The molecule has 0 spiro atoms. The molecule has 0 bridgehead atoms. The summed E-state index contributed by atoms with van der Waals surface area (Å²) >= 11 is 5.11. The summed E-state index contributed by atoms with van der Waals surface area (Å²) in [6.45, 7) is 11.4. The summed E-state index contributed by atoms with van der Waals surface area (Å²) < 4.78 is 139. The number of hydrogen-bond acceptors (Lipinski definition) is 9. The van der Waals surface area contributed by atoms with Crippen molar-refractivity contribution < 1.29 is 63.1 Å². The Labute approximate surface area is 447 Å². The number of nitro groups is 1. The van der Waals surface area contributed by atoms with E-state index in [4.69, 9.17) is 32.2 Å². The Morgan fingerprint density at radius 1 is 0.779 bits per heavy atom. The summed E-state index contributed by atoms with van der Waals surface area (Å²) in [7, 11) is 3.11. The number of imidazole rings is 1. The number of hydrogen-bond donors (Lipinski definition) is 3. The monoisotopic (exact) mass is 1130 g/mol. The number of ether oxygens (including phenoxy) is 2. The van der Waals surface area contributed by atoms with Gasteiger partial charge in [-0.15, -0.1) is 24.0 Å². The van der Waals surface area contributed by atoms with E-state index in [2.05, 4.69) is 10.3 Å². The number of alkyl halides is 10. The van der Waals surface area contributed by atoms with Crippen molar-refractivity contribution in [2.45, 2.75) is 72.7 Å². The summed E-state index contributed by atoms with van der Waals surface area (Å²) in [6.07, 6.45) is -13.6. The Kier molecular flexibility index (Phi) is 22.3. The minimum Gasteiger partial charge on any atom is -0.497 e. The molecule has 0 aliphatic carbocycles. The van der Waals surface area contributed by atoms with Crippen LogP contribution in [0.15, 0.2) is 115 Å². The number of benzene rings is 6. The van der Waals surface area contributed by atoms with Gasteiger partial charge in [-0.05, 0) is 150 Å². The van der Waals surface area contributed by atoms with Gasteiger partial charge in [-0.2, -0.15) is 43.9 Å². The van der Waals surface area contributed by atoms with Gasteiger partial charge in [0.05, 0.1) is 70.7 Å². The lowest BCUT2D eigenvalue weighted by Gasteiger charge is -2.28. The van der Waals surface area contributed by atoms with Crippen LogP contribution in [-0.4, -0.2) is 57.1 Å². The van der Waals surface area contributed by atoms with E-state index >= 15 is 0 Å². The number of nitrogens with zero attached hydrogens (tertiary/aromatic N) is 4. The molecule has 0 aliphatic heterocycles. The molecule has 0 saturated heterocycles. The first-order valence-electron chi connectivity index (χ1n) is 22.5. The number of carbonyl (C=O) groups excluding carboxylic acids is 1. The minimum atomic E-state index is -4.71. The maximum Gasteiger partial charge on any atom is 0.416 e. The van der Waals surface area contributed by atoms with Crippen molar-refractivity contribution in [1.29, 1.82) is 5.41 Å². The molecule has 1 aromatic heterocycles. The van der Waals surface area contributed by atoms with Crippen molar-refractivity contribution in [1.82, 2.24) is 14.5 Å². The number of amides is 1. The molecule has 7 aromatic rings. The van der Waals surface area contributed by atoms with E-state index in [0.717, 1.165) is 41.0 Å². The van der Waals surface area contributed by atoms with Gasteiger partial charge in [0.15, 0.2) is 0 Å². The minimum absolute atomic E-state index is 0. The van der Waals surface area contributed by atoms with Crippen molar-refractivity contribution >= 4 is 69.4 Å². The zero-order valence-corrected chi connectivity index (χ0v) is 44.0. The molecule has 0 unspecified atom stereocenters. The molecule has 77 heavy (non-hydrogen) atoms. The lowest BCUT2D eigenvalue weighted by molar-refractivity contribution is -0.387. The molecule has 0 fully saturated rings. The number of anilines is 3. The Hall–Kier alpha value is -7.59. The zero-order chi connectivity index (χ0) is 57.0. The second kappa shape index (κ2) is 26.9. The molecule has 0 atom stereocenters. The quantitative estimate of drug-likeness (QED) is 0.0288. The topological polar surface area (TPSA) is 162 Å². The van der Waals surface area contributed by atoms with Gasteiger partial charge in [0, 0.05) is 34.8 Å². The fraction of sp³-hybridized carbons (Fsp3) is 0.264. The van der Waals surface area contributed by atoms with E-state index < -0.39 is 51.6 Å². The Morgan fingerprint density at radius 2 is 1.25 bits per heavy atom. The standard InChI is InChI=1S/C29H30F3N3O2.C14H13F3N2O.C7H3F4NO2.C3H6ClN.ClH/c1-17(2)34(28(36)27-19(4)13-18(3)14-20(27)5)16-26-33-24-15-21(29(30,31)32)7-12-25(24)35(26)22-8-10-23(37-6)11-9-22;1-20-11-5-3-10(4-6-11)19-13-7-2-9(8-12(13)18)14(15,16)17;8-5-2-1-4(7(9,10)11)3-6(5)12(13)14;1-3(5)2-4;/h7-15,17H,16H2,1-6H3;2-8,19H,18H2,1H3;1-3H;5H,2H2,1H3;1H. The predicted molar refractivity (Wildman–Crippen MR) is 280 cm³/mol. The summed E-state index contributed by atoms with van der Waals surface area (Å²) in [5.41, 5.74) is 8.25. The van der Waals surface area contributed by atoms with Gasteiger partial charge in [0.2, 0.25) is 5.82 Å². The van der Waals surface area contributed by atoms with Gasteiger partial charge in [0.1, 0.15) is 17.3 Å². The van der Waals surface area contributed by atoms with Crippen LogP contribution in [0.3, 0.4) is 0 Å². The molecule has 0 saturated carbocycles. The number of nitrogens with two attached hydrogens (primary N) is 1. The normalized spacial score (nSPS) is 11.2. The van der Waals surface area contributed by atoms with Gasteiger partial charge in [-0.3, -0.25) is 19.5 Å². The van der Waals surface area contributed by atoms with Gasteiger partial charge in [-0.25, -0.2) is 4.98 Å². The van der Waals surface area contributed by atoms with Crippen LogP contribution in [0.4, 0.5) is 66.7 Å². The molecule has 4 N–H and O–H groups in total. The first kappa shape index (κ1) is 63.7. The summed E-state index contributed by atoms with van der Waals surface area (Å²) in [4.78, 5) is 29.0. The lowest BCUT2D eigenvalue weighted by Crippen LogP contribution is -2.38. The van der Waals surface area contributed by atoms with Crippen LogP contribution in [0, 0.1) is 42.1 Å². The molecule has 7 rings (SSSR count). The summed E-state index contributed by atoms with van der Waals surface area (Å²) in [6, 6.07) is 25.7. The average Bonchev–Trinajstić information content (AvgIpc) is 3.70. The number of nitrogens with one attached hydrogen (secondary N) is 2. The van der Waals surface area contributed by atoms with Crippen LogP contribution in [0.1, 0.15) is 70.3 Å². The number of fused-ring (bicyclic) bond motifs is 1. The maximum atomic E-state index is 13.8. The number of aryl methyl sites for hydroxylation is 3. The smallest absolute Gasteiger partial charge is 0.416 e. The Morgan fingerprint density at radius 3 is 1.70 bits per heavy atom. The number of carbonyl (C=O) groups is 1. The van der Waals surface area contributed by atoms with Gasteiger partial charge < -0.3 is 30.8 Å². The highest BCUT2D eigenvalue weighted by molar-refractivity contribution is 6.27. The third-order valence-corrected chi connectivity index (χ3v) is 11.3. The van der Waals surface area contributed by atoms with E-state index in [1.807, 2.05) is 58.9 Å². The van der Waals surface area contributed by atoms with Gasteiger partial charge >= 0.3 is 24.2 Å². The van der Waals surface area contributed by atoms with Crippen LogP contribution in [-0.2, 0) is 25.1 Å². The number of nitro benzene ring substituents is 1. The highest BCUT2D eigenvalue weighted by Crippen LogP contribution is 2.36. The van der Waals surface area contributed by atoms with Crippen LogP contribution in [0.5, 0.6) is 11.5 Å². The lowest BCUT2D eigenvalue weighted by atomic mass is 9.98. The Balaban J connectivity index is 0.000000325. The highest BCUT2D eigenvalue weighted by atomic mass is 35.5. The summed E-state index contributed by atoms with van der Waals surface area (Å²) in [5, 5.41) is 19.7. The van der Waals surface area contributed by atoms with E-state index in [1.165, 1.54) is 12.1 Å². The second-order valence-electron chi connectivity index (χ2n) is 17.1. The molecule has 0 aliphatic rings. The fourth-order valence-electron chi connectivity index (χ4n) is 7.25. The van der Waals surface area contributed by atoms with E-state index in [1.54, 1.807) is 67.0 Å². The second-order valence-corrected chi connectivity index (χ2v) is 17.3. The molecule has 12 nitrogen and oxygen atoms in total. The summed E-state index contributed by atoms with van der Waals surface area (Å²) in [5.74, 6) is 0.732. The number of halogens is 12. The third-order valence-electron chi connectivity index (χ3n) is 10.9. The fourth-order valence-corrected chi connectivity index (χ4v) is 7.25. The average molecular weight is 1130 g/mol. The van der Waals surface area contributed by atoms with Gasteiger partial charge in [-0.1, -0.05) is 17.7 Å². The van der Waals surface area contributed by atoms with Crippen LogP contribution in [0.2, 0.25) is 0 Å². The van der Waals surface area contributed by atoms with Crippen molar-refractivity contribution in [2.75, 3.05) is 31.2 Å². The molecule has 24 heteroatoms. The first-order chi connectivity index (χ1) is 35.4.